The molecule has 0 amide bonds. The van der Waals surface area contributed by atoms with Gasteiger partial charge in [0.2, 0.25) is 0 Å². The fraction of sp³-hybridized carbons (Fsp3) is 0.824. The molecule has 0 aromatic carbocycles. The summed E-state index contributed by atoms with van der Waals surface area (Å²) in [6.07, 6.45) is 8.47. The van der Waals surface area contributed by atoms with Crippen molar-refractivity contribution in [1.29, 1.82) is 0 Å². The average molecular weight is 496 g/mol. The molecule has 0 unspecified atom stereocenters. The Morgan fingerprint density at radius 2 is 2.12 bits per heavy atom. The monoisotopic (exact) mass is 496 g/mol. The summed E-state index contributed by atoms with van der Waals surface area (Å²) >= 11 is 1.89. The van der Waals surface area contributed by atoms with Crippen molar-refractivity contribution in [3.8, 4) is 0 Å². The SMILES string of the molecule is CCNC(=NCCCn1nc2n(c1=O)CCCC2)NCCCCSC.I. The summed E-state index contributed by atoms with van der Waals surface area (Å²) in [5.41, 5.74) is 0.0394. The molecule has 0 bridgehead atoms. The van der Waals surface area contributed by atoms with Gasteiger partial charge in [-0.25, -0.2) is 9.48 Å². The molecule has 26 heavy (non-hydrogen) atoms. The molecule has 2 heterocycles. The zero-order valence-electron chi connectivity index (χ0n) is 16.0. The zero-order valence-corrected chi connectivity index (χ0v) is 19.1. The molecule has 0 atom stereocenters. The maximum absolute atomic E-state index is 12.3. The van der Waals surface area contributed by atoms with E-state index in [0.717, 1.165) is 63.5 Å². The number of aryl methyl sites for hydroxylation is 2. The van der Waals surface area contributed by atoms with Crippen LogP contribution in [0.1, 0.15) is 44.9 Å². The summed E-state index contributed by atoms with van der Waals surface area (Å²) in [6, 6.07) is 0. The van der Waals surface area contributed by atoms with Crippen LogP contribution in [0.2, 0.25) is 0 Å². The Kier molecular flexibility index (Phi) is 12.1. The van der Waals surface area contributed by atoms with Gasteiger partial charge in [0, 0.05) is 39.1 Å². The zero-order chi connectivity index (χ0) is 17.9. The highest BCUT2D eigenvalue weighted by molar-refractivity contribution is 14.0. The van der Waals surface area contributed by atoms with E-state index >= 15 is 0 Å². The molecule has 0 radical (unpaired) electrons. The minimum absolute atomic E-state index is 0. The minimum atomic E-state index is 0. The Labute approximate surface area is 177 Å². The second-order valence-corrected chi connectivity index (χ2v) is 7.26. The van der Waals surface area contributed by atoms with Crippen LogP contribution in [0.5, 0.6) is 0 Å². The van der Waals surface area contributed by atoms with E-state index in [1.165, 1.54) is 12.2 Å². The van der Waals surface area contributed by atoms with Crippen molar-refractivity contribution in [2.45, 2.75) is 58.5 Å². The Bertz CT molecular complexity index is 601. The highest BCUT2D eigenvalue weighted by Crippen LogP contribution is 2.09. The lowest BCUT2D eigenvalue weighted by molar-refractivity contribution is 0.509. The number of thioether (sulfide) groups is 1. The van der Waals surface area contributed by atoms with Crippen molar-refractivity contribution in [2.75, 3.05) is 31.6 Å². The van der Waals surface area contributed by atoms with Crippen LogP contribution < -0.4 is 16.3 Å². The van der Waals surface area contributed by atoms with Crippen molar-refractivity contribution < 1.29 is 0 Å². The molecule has 9 heteroatoms. The number of rotatable bonds is 10. The molecule has 0 saturated carbocycles. The van der Waals surface area contributed by atoms with Crippen molar-refractivity contribution >= 4 is 41.7 Å². The molecule has 150 valence electrons. The van der Waals surface area contributed by atoms with Crippen LogP contribution in [0.25, 0.3) is 0 Å². The number of aliphatic imine (C=N–C) groups is 1. The number of guanidine groups is 1. The van der Waals surface area contributed by atoms with Gasteiger partial charge in [0.05, 0.1) is 0 Å². The molecule has 1 aliphatic rings. The largest absolute Gasteiger partial charge is 0.357 e. The fourth-order valence-corrected chi connectivity index (χ4v) is 3.42. The number of fused-ring (bicyclic) bond motifs is 1. The topological polar surface area (TPSA) is 76.2 Å². The van der Waals surface area contributed by atoms with Gasteiger partial charge in [-0.3, -0.25) is 9.56 Å². The lowest BCUT2D eigenvalue weighted by Crippen LogP contribution is -2.38. The molecule has 2 rings (SSSR count). The van der Waals surface area contributed by atoms with E-state index in [2.05, 4.69) is 33.9 Å². The van der Waals surface area contributed by atoms with Gasteiger partial charge in [0.15, 0.2) is 5.96 Å². The lowest BCUT2D eigenvalue weighted by atomic mass is 10.2. The molecule has 0 saturated heterocycles. The average Bonchev–Trinajstić information content (AvgIpc) is 2.94. The quantitative estimate of drug-likeness (QED) is 0.225. The van der Waals surface area contributed by atoms with Gasteiger partial charge in [-0.1, -0.05) is 0 Å². The standard InChI is InChI=1S/C17H32N6OS.HI/c1-3-18-16(19-10-5-7-14-25-2)20-11-8-13-23-17(24)22-12-6-4-9-15(22)21-23;/h3-14H2,1-2H3,(H2,18,19,20);1H. The number of hydrogen-bond acceptors (Lipinski definition) is 4. The number of hydrogen-bond donors (Lipinski definition) is 2. The lowest BCUT2D eigenvalue weighted by Gasteiger charge is -2.11. The molecule has 1 aromatic heterocycles. The van der Waals surface area contributed by atoms with Crippen molar-refractivity contribution in [2.24, 2.45) is 4.99 Å². The predicted molar refractivity (Wildman–Crippen MR) is 121 cm³/mol. The van der Waals surface area contributed by atoms with Crippen LogP contribution in [0.15, 0.2) is 9.79 Å². The normalized spacial score (nSPS) is 13.8. The van der Waals surface area contributed by atoms with E-state index in [1.807, 2.05) is 16.3 Å². The van der Waals surface area contributed by atoms with Crippen LogP contribution in [-0.4, -0.2) is 52.0 Å². The molecule has 7 nitrogen and oxygen atoms in total. The summed E-state index contributed by atoms with van der Waals surface area (Å²) in [5.74, 6) is 3.02. The van der Waals surface area contributed by atoms with Gasteiger partial charge >= 0.3 is 5.69 Å². The maximum Gasteiger partial charge on any atom is 0.345 e. The first-order chi connectivity index (χ1) is 12.3. The molecular weight excluding hydrogens is 463 g/mol. The number of halogens is 1. The molecule has 1 aromatic rings. The first kappa shape index (κ1) is 23.3. The van der Waals surface area contributed by atoms with Crippen LogP contribution in [0.4, 0.5) is 0 Å². The highest BCUT2D eigenvalue weighted by atomic mass is 127. The number of unbranched alkanes of at least 4 members (excludes halogenated alkanes) is 1. The summed E-state index contributed by atoms with van der Waals surface area (Å²) in [6.45, 7) is 6.01. The van der Waals surface area contributed by atoms with Gasteiger partial charge < -0.3 is 10.6 Å². The van der Waals surface area contributed by atoms with Crippen molar-refractivity contribution in [3.63, 3.8) is 0 Å². The Hall–Kier alpha value is -0.710. The second-order valence-electron chi connectivity index (χ2n) is 6.27. The molecule has 0 fully saturated rings. The summed E-state index contributed by atoms with van der Waals surface area (Å²) < 4.78 is 3.44. The first-order valence-corrected chi connectivity index (χ1v) is 10.8. The Morgan fingerprint density at radius 1 is 1.27 bits per heavy atom. The molecule has 1 aliphatic heterocycles. The summed E-state index contributed by atoms with van der Waals surface area (Å²) in [5, 5.41) is 11.1. The fourth-order valence-electron chi connectivity index (χ4n) is 2.93. The van der Waals surface area contributed by atoms with Gasteiger partial charge in [-0.05, 0) is 51.0 Å². The van der Waals surface area contributed by atoms with E-state index in [1.54, 1.807) is 4.68 Å². The third kappa shape index (κ3) is 7.50. The van der Waals surface area contributed by atoms with Crippen molar-refractivity contribution in [1.82, 2.24) is 25.0 Å². The van der Waals surface area contributed by atoms with Crippen LogP contribution in [0, 0.1) is 0 Å². The van der Waals surface area contributed by atoms with Crippen LogP contribution in [-0.2, 0) is 19.5 Å². The molecule has 0 aliphatic carbocycles. The van der Waals surface area contributed by atoms with Gasteiger partial charge in [0.1, 0.15) is 5.82 Å². The number of nitrogens with one attached hydrogen (secondary N) is 2. The Balaban J connectivity index is 0.00000338. The van der Waals surface area contributed by atoms with E-state index in [0.29, 0.717) is 13.1 Å². The van der Waals surface area contributed by atoms with Crippen LogP contribution in [0.3, 0.4) is 0 Å². The van der Waals surface area contributed by atoms with E-state index in [4.69, 9.17) is 0 Å². The van der Waals surface area contributed by atoms with E-state index in [-0.39, 0.29) is 29.7 Å². The predicted octanol–water partition coefficient (Wildman–Crippen LogP) is 2.09. The third-order valence-corrected chi connectivity index (χ3v) is 4.94. The Morgan fingerprint density at radius 3 is 2.85 bits per heavy atom. The van der Waals surface area contributed by atoms with Gasteiger partial charge in [-0.15, -0.1) is 24.0 Å². The second kappa shape index (κ2) is 13.5. The van der Waals surface area contributed by atoms with Crippen molar-refractivity contribution in [3.05, 3.63) is 16.3 Å². The molecule has 0 spiro atoms. The molecular formula is C17H33IN6OS. The van der Waals surface area contributed by atoms with E-state index < -0.39 is 0 Å². The number of aromatic nitrogens is 3. The first-order valence-electron chi connectivity index (χ1n) is 9.44. The molecule has 2 N–H and O–H groups in total. The summed E-state index contributed by atoms with van der Waals surface area (Å²) in [4.78, 5) is 16.9. The smallest absolute Gasteiger partial charge is 0.345 e. The highest BCUT2D eigenvalue weighted by Gasteiger charge is 2.15. The maximum atomic E-state index is 12.3. The minimum Gasteiger partial charge on any atom is -0.357 e. The van der Waals surface area contributed by atoms with Gasteiger partial charge in [0.25, 0.3) is 0 Å². The summed E-state index contributed by atoms with van der Waals surface area (Å²) in [7, 11) is 0. The van der Waals surface area contributed by atoms with Gasteiger partial charge in [-0.2, -0.15) is 16.9 Å². The third-order valence-electron chi connectivity index (χ3n) is 4.24. The van der Waals surface area contributed by atoms with Crippen LogP contribution >= 0.6 is 35.7 Å². The number of nitrogens with zero attached hydrogens (tertiary/aromatic N) is 4. The van der Waals surface area contributed by atoms with E-state index in [9.17, 15) is 4.79 Å².